The topological polar surface area (TPSA) is 39.1 Å². The Morgan fingerprint density at radius 3 is 3.00 bits per heavy atom. The summed E-state index contributed by atoms with van der Waals surface area (Å²) in [6, 6.07) is 0. The average Bonchev–Trinajstić information content (AvgIpc) is 3.10. The molecule has 1 aliphatic carbocycles. The zero-order chi connectivity index (χ0) is 13.1. The second-order valence-corrected chi connectivity index (χ2v) is 6.15. The van der Waals surface area contributed by atoms with Crippen molar-refractivity contribution in [1.29, 1.82) is 0 Å². The van der Waals surface area contributed by atoms with E-state index >= 15 is 0 Å². The van der Waals surface area contributed by atoms with Crippen LogP contribution in [0.2, 0.25) is 0 Å². The summed E-state index contributed by atoms with van der Waals surface area (Å²) in [5.41, 5.74) is 1.49. The highest BCUT2D eigenvalue weighted by Crippen LogP contribution is 2.43. The van der Waals surface area contributed by atoms with E-state index in [2.05, 4.69) is 23.5 Å². The Labute approximate surface area is 115 Å². The Hall–Kier alpha value is -0.870. The average molecular weight is 263 g/mol. The van der Waals surface area contributed by atoms with E-state index in [1.165, 1.54) is 44.1 Å². The number of rotatable bonds is 5. The molecule has 4 nitrogen and oxygen atoms in total. The zero-order valence-electron chi connectivity index (χ0n) is 11.9. The molecule has 1 atom stereocenters. The summed E-state index contributed by atoms with van der Waals surface area (Å²) < 4.78 is 8.28. The molecule has 1 aliphatic heterocycles. The van der Waals surface area contributed by atoms with Gasteiger partial charge in [0.15, 0.2) is 0 Å². The summed E-state index contributed by atoms with van der Waals surface area (Å²) in [6.45, 7) is 4.96. The highest BCUT2D eigenvalue weighted by atomic mass is 16.5. The number of hydrogen-bond donors (Lipinski definition) is 1. The summed E-state index contributed by atoms with van der Waals surface area (Å²) in [7, 11) is 0. The van der Waals surface area contributed by atoms with Crippen LogP contribution in [0.4, 0.5) is 0 Å². The van der Waals surface area contributed by atoms with Crippen molar-refractivity contribution >= 4 is 0 Å². The molecule has 2 heterocycles. The van der Waals surface area contributed by atoms with E-state index < -0.39 is 0 Å². The van der Waals surface area contributed by atoms with Crippen molar-refractivity contribution in [2.24, 2.45) is 0 Å². The van der Waals surface area contributed by atoms with Crippen molar-refractivity contribution in [2.75, 3.05) is 13.1 Å². The smallest absolute Gasteiger partial charge is 0.0708 e. The first-order chi connectivity index (χ1) is 9.26. The minimum absolute atomic E-state index is 0.269. The molecule has 2 fully saturated rings. The Bertz CT molecular complexity index is 409. The molecule has 1 N–H and O–H groups in total. The molecule has 1 saturated carbocycles. The molecular formula is C15H25N3O. The minimum Gasteiger partial charge on any atom is -0.370 e. The van der Waals surface area contributed by atoms with Gasteiger partial charge in [0.2, 0.25) is 0 Å². The maximum atomic E-state index is 6.28. The van der Waals surface area contributed by atoms with Gasteiger partial charge in [0.25, 0.3) is 0 Å². The van der Waals surface area contributed by atoms with Crippen molar-refractivity contribution in [2.45, 2.75) is 63.7 Å². The third-order valence-corrected chi connectivity index (χ3v) is 4.51. The summed E-state index contributed by atoms with van der Waals surface area (Å²) in [4.78, 5) is 0. The lowest BCUT2D eigenvalue weighted by Gasteiger charge is -2.23. The highest BCUT2D eigenvalue weighted by Gasteiger charge is 2.41. The molecule has 19 heavy (non-hydrogen) atoms. The van der Waals surface area contributed by atoms with Gasteiger partial charge in [0.1, 0.15) is 0 Å². The minimum atomic E-state index is 0.269. The van der Waals surface area contributed by atoms with Crippen molar-refractivity contribution in [3.63, 3.8) is 0 Å². The molecule has 4 heteroatoms. The monoisotopic (exact) mass is 263 g/mol. The Morgan fingerprint density at radius 1 is 1.42 bits per heavy atom. The van der Waals surface area contributed by atoms with Crippen LogP contribution in [-0.2, 0) is 11.3 Å². The highest BCUT2D eigenvalue weighted by molar-refractivity contribution is 4.99. The summed E-state index contributed by atoms with van der Waals surface area (Å²) in [5.74, 6) is 0. The normalized spacial score (nSPS) is 25.4. The SMILES string of the molecule is Cc1cnn(CCNCC2CCC3(CCCC3)O2)c1. The van der Waals surface area contributed by atoms with Gasteiger partial charge in [-0.15, -0.1) is 0 Å². The van der Waals surface area contributed by atoms with E-state index in [1.54, 1.807) is 0 Å². The van der Waals surface area contributed by atoms with Crippen LogP contribution in [0.1, 0.15) is 44.1 Å². The lowest BCUT2D eigenvalue weighted by Crippen LogP contribution is -2.32. The summed E-state index contributed by atoms with van der Waals surface area (Å²) >= 11 is 0. The second kappa shape index (κ2) is 5.63. The number of hydrogen-bond acceptors (Lipinski definition) is 3. The third-order valence-electron chi connectivity index (χ3n) is 4.51. The van der Waals surface area contributed by atoms with Crippen molar-refractivity contribution in [1.82, 2.24) is 15.1 Å². The second-order valence-electron chi connectivity index (χ2n) is 6.15. The van der Waals surface area contributed by atoms with Gasteiger partial charge in [0, 0.05) is 19.3 Å². The fourth-order valence-corrected chi connectivity index (χ4v) is 3.47. The van der Waals surface area contributed by atoms with Crippen LogP contribution in [0, 0.1) is 6.92 Å². The van der Waals surface area contributed by atoms with E-state index in [0.29, 0.717) is 6.10 Å². The Balaban J connectivity index is 1.35. The van der Waals surface area contributed by atoms with Gasteiger partial charge in [-0.3, -0.25) is 4.68 Å². The molecule has 0 radical (unpaired) electrons. The lowest BCUT2D eigenvalue weighted by molar-refractivity contribution is -0.0350. The molecule has 1 aromatic heterocycles. The molecular weight excluding hydrogens is 238 g/mol. The lowest BCUT2D eigenvalue weighted by atomic mass is 9.98. The Morgan fingerprint density at radius 2 is 2.26 bits per heavy atom. The first-order valence-corrected chi connectivity index (χ1v) is 7.63. The van der Waals surface area contributed by atoms with Crippen molar-refractivity contribution in [3.8, 4) is 0 Å². The van der Waals surface area contributed by atoms with Crippen LogP contribution in [0.25, 0.3) is 0 Å². The number of nitrogens with zero attached hydrogens (tertiary/aromatic N) is 2. The molecule has 2 aliphatic rings. The number of aryl methyl sites for hydroxylation is 1. The molecule has 1 saturated heterocycles. The largest absolute Gasteiger partial charge is 0.370 e. The number of ether oxygens (including phenoxy) is 1. The molecule has 1 spiro atoms. The quantitative estimate of drug-likeness (QED) is 0.828. The van der Waals surface area contributed by atoms with Gasteiger partial charge in [-0.05, 0) is 38.2 Å². The molecule has 0 amide bonds. The fourth-order valence-electron chi connectivity index (χ4n) is 3.47. The van der Waals surface area contributed by atoms with E-state index in [-0.39, 0.29) is 5.60 Å². The Kier molecular flexibility index (Phi) is 3.89. The van der Waals surface area contributed by atoms with Crippen LogP contribution in [-0.4, -0.2) is 34.6 Å². The van der Waals surface area contributed by atoms with Crippen molar-refractivity contribution < 1.29 is 4.74 Å². The van der Waals surface area contributed by atoms with Crippen molar-refractivity contribution in [3.05, 3.63) is 18.0 Å². The van der Waals surface area contributed by atoms with Gasteiger partial charge in [-0.1, -0.05) is 12.8 Å². The fraction of sp³-hybridized carbons (Fsp3) is 0.800. The predicted molar refractivity (Wildman–Crippen MR) is 75.1 cm³/mol. The molecule has 1 unspecified atom stereocenters. The van der Waals surface area contributed by atoms with Crippen LogP contribution in [0.3, 0.4) is 0 Å². The molecule has 1 aromatic rings. The third kappa shape index (κ3) is 3.18. The summed E-state index contributed by atoms with van der Waals surface area (Å²) in [5, 5.41) is 7.79. The molecule has 0 aromatic carbocycles. The molecule has 3 rings (SSSR count). The van der Waals surface area contributed by atoms with E-state index in [4.69, 9.17) is 4.74 Å². The zero-order valence-corrected chi connectivity index (χ0v) is 11.9. The van der Waals surface area contributed by atoms with Gasteiger partial charge in [0.05, 0.1) is 24.4 Å². The van der Waals surface area contributed by atoms with E-state index in [0.717, 1.165) is 19.6 Å². The van der Waals surface area contributed by atoms with Crippen LogP contribution < -0.4 is 5.32 Å². The van der Waals surface area contributed by atoms with Crippen LogP contribution >= 0.6 is 0 Å². The van der Waals surface area contributed by atoms with Gasteiger partial charge in [-0.2, -0.15) is 5.10 Å². The molecule has 0 bridgehead atoms. The predicted octanol–water partition coefficient (Wildman–Crippen LogP) is 2.27. The first kappa shape index (κ1) is 13.1. The summed E-state index contributed by atoms with van der Waals surface area (Å²) in [6.07, 6.45) is 12.2. The van der Waals surface area contributed by atoms with Gasteiger partial charge in [-0.25, -0.2) is 0 Å². The number of nitrogens with one attached hydrogen (secondary N) is 1. The maximum absolute atomic E-state index is 6.28. The standard InChI is InChI=1S/C15H25N3O/c1-13-10-17-18(12-13)9-8-16-11-14-4-7-15(19-14)5-2-3-6-15/h10,12,14,16H,2-9,11H2,1H3. The van der Waals surface area contributed by atoms with Crippen LogP contribution in [0.15, 0.2) is 12.4 Å². The molecule has 106 valence electrons. The number of aromatic nitrogens is 2. The van der Waals surface area contributed by atoms with Crippen LogP contribution in [0.5, 0.6) is 0 Å². The first-order valence-electron chi connectivity index (χ1n) is 7.63. The van der Waals surface area contributed by atoms with Gasteiger partial charge >= 0.3 is 0 Å². The van der Waals surface area contributed by atoms with Gasteiger partial charge < -0.3 is 10.1 Å². The van der Waals surface area contributed by atoms with E-state index in [1.807, 2.05) is 10.9 Å². The maximum Gasteiger partial charge on any atom is 0.0708 e. The van der Waals surface area contributed by atoms with E-state index in [9.17, 15) is 0 Å².